The van der Waals surface area contributed by atoms with Crippen LogP contribution in [0.25, 0.3) is 0 Å². The molecule has 0 rings (SSSR count). The van der Waals surface area contributed by atoms with E-state index in [4.69, 9.17) is 10.5 Å². The molecule has 0 saturated heterocycles. The molecule has 0 spiro atoms. The van der Waals surface area contributed by atoms with Gasteiger partial charge in [0.15, 0.2) is 0 Å². The predicted molar refractivity (Wildman–Crippen MR) is 30.3 cm³/mol. The van der Waals surface area contributed by atoms with Crippen LogP contribution in [0.4, 0.5) is 0 Å². The first-order valence-corrected chi connectivity index (χ1v) is 0.200. The Bertz CT molecular complexity index is 13.7. The average Bonchev–Trinajstić information content (AvgIpc) is 1.00. The molecular formula is H8CaO2Pb2. The molecule has 0 aromatic carbocycles. The van der Waals surface area contributed by atoms with Gasteiger partial charge in [-0.2, -0.15) is 0 Å². The Labute approximate surface area is 104 Å². The van der Waals surface area contributed by atoms with Gasteiger partial charge in [0, 0.05) is 0 Å². The zero-order valence-corrected chi connectivity index (χ0v) is 16.2. The first-order valence-electron chi connectivity index (χ1n) is 0.200. The van der Waals surface area contributed by atoms with Crippen LogP contribution in [0.2, 0.25) is 0 Å². The van der Waals surface area contributed by atoms with E-state index in [1.807, 2.05) is 0 Å². The van der Waals surface area contributed by atoms with Gasteiger partial charge in [-0.3, -0.25) is 10.5 Å². The number of hydrogen-bond acceptors (Lipinski definition) is 2. The van der Waals surface area contributed by atoms with Crippen LogP contribution in [0.5, 0.6) is 0 Å². The summed E-state index contributed by atoms with van der Waals surface area (Å²) in [6.45, 7) is 0. The molecule has 0 bridgehead atoms. The van der Waals surface area contributed by atoms with Crippen molar-refractivity contribution in [2.45, 2.75) is 0 Å². The number of hydrogen-bond donors (Lipinski definition) is 2. The Kier molecular flexibility index (Phi) is 136. The summed E-state index contributed by atoms with van der Waals surface area (Å²) in [6, 6.07) is 0. The van der Waals surface area contributed by atoms with Crippen LogP contribution < -0.4 is 0 Å². The van der Waals surface area contributed by atoms with Crippen molar-refractivity contribution in [1.82, 2.24) is 0 Å². The second kappa shape index (κ2) is 27.9. The van der Waals surface area contributed by atoms with Gasteiger partial charge in [-0.1, -0.05) is 0 Å². The Morgan fingerprint density at radius 2 is 1.00 bits per heavy atom. The second-order valence-corrected chi connectivity index (χ2v) is 0. The molecule has 0 amide bonds. The van der Waals surface area contributed by atoms with Gasteiger partial charge >= 0.3 is 92.3 Å². The van der Waals surface area contributed by atoms with Crippen LogP contribution in [0.3, 0.4) is 0 Å². The van der Waals surface area contributed by atoms with Crippen molar-refractivity contribution in [2.24, 2.45) is 0 Å². The van der Waals surface area contributed by atoms with Crippen molar-refractivity contribution in [3.63, 3.8) is 0 Å². The normalized spacial score (nSPS) is 1.20. The fraction of sp³-hybridized carbons (Fsp3) is 0. The van der Waals surface area contributed by atoms with Gasteiger partial charge in [0.25, 0.3) is 0 Å². The topological polar surface area (TPSA) is 40.5 Å². The van der Waals surface area contributed by atoms with Crippen LogP contribution in [-0.2, 0) is 0 Å². The second-order valence-electron chi connectivity index (χ2n) is 0. The van der Waals surface area contributed by atoms with Gasteiger partial charge in [0.05, 0.1) is 0 Å². The summed E-state index contributed by atoms with van der Waals surface area (Å²) in [6.07, 6.45) is 0. The summed E-state index contributed by atoms with van der Waals surface area (Å²) in [4.78, 5) is 0. The molecule has 0 unspecified atom stereocenters. The van der Waals surface area contributed by atoms with Crippen molar-refractivity contribution >= 4 is 92.3 Å². The summed E-state index contributed by atoms with van der Waals surface area (Å²) >= 11 is 0. The zero-order chi connectivity index (χ0) is 2.00. The molecule has 0 atom stereocenters. The molecule has 0 heterocycles. The third kappa shape index (κ3) is 19.4. The Morgan fingerprint density at radius 1 is 1.00 bits per heavy atom. The molecule has 0 aliphatic rings. The summed E-state index contributed by atoms with van der Waals surface area (Å²) in [5.74, 6) is 0. The first kappa shape index (κ1) is 24.4. The SMILES string of the molecule is OO.[Ca+2].[H-].[H-].[PbH2].[PbH2]. The molecule has 30 valence electrons. The predicted octanol–water partition coefficient (Wildman–Crippen LogP) is -1.97. The molecule has 0 saturated carbocycles. The summed E-state index contributed by atoms with van der Waals surface area (Å²) in [7, 11) is 0. The van der Waals surface area contributed by atoms with Gasteiger partial charge < -0.3 is 2.85 Å². The summed E-state index contributed by atoms with van der Waals surface area (Å²) < 4.78 is 0. The van der Waals surface area contributed by atoms with Gasteiger partial charge in [0.2, 0.25) is 0 Å². The summed E-state index contributed by atoms with van der Waals surface area (Å²) in [5.41, 5.74) is 0. The van der Waals surface area contributed by atoms with E-state index in [-0.39, 0.29) is 95.2 Å². The van der Waals surface area contributed by atoms with Crippen molar-refractivity contribution in [1.29, 1.82) is 0 Å². The molecule has 0 aliphatic carbocycles. The minimum absolute atomic E-state index is 0. The molecule has 4 radical (unpaired) electrons. The maximum atomic E-state index is 6.00. The van der Waals surface area contributed by atoms with Crippen LogP contribution in [0, 0.1) is 0 Å². The molecule has 2 N–H and O–H groups in total. The van der Waals surface area contributed by atoms with Crippen molar-refractivity contribution in [2.75, 3.05) is 0 Å². The van der Waals surface area contributed by atoms with E-state index in [9.17, 15) is 0 Å². The maximum absolute atomic E-state index is 6.00. The molecule has 0 aliphatic heterocycles. The molecule has 0 aromatic heterocycles. The number of rotatable bonds is 0. The van der Waals surface area contributed by atoms with E-state index in [2.05, 4.69) is 0 Å². The van der Waals surface area contributed by atoms with Crippen molar-refractivity contribution in [3.05, 3.63) is 0 Å². The fourth-order valence-corrected chi connectivity index (χ4v) is 0. The van der Waals surface area contributed by atoms with E-state index in [0.29, 0.717) is 0 Å². The Hall–Kier alpha value is 3.02. The summed E-state index contributed by atoms with van der Waals surface area (Å²) in [5, 5.41) is 12.0. The van der Waals surface area contributed by atoms with E-state index in [1.165, 1.54) is 0 Å². The minimum atomic E-state index is 0. The van der Waals surface area contributed by atoms with Crippen LogP contribution in [0.15, 0.2) is 0 Å². The van der Waals surface area contributed by atoms with E-state index < -0.39 is 0 Å². The monoisotopic (exact) mass is 496 g/mol. The molecule has 5 heteroatoms. The van der Waals surface area contributed by atoms with Crippen LogP contribution in [-0.4, -0.2) is 103 Å². The first-order chi connectivity index (χ1) is 1.00. The molecular weight excluding hydrogens is 486 g/mol. The van der Waals surface area contributed by atoms with E-state index in [0.717, 1.165) is 0 Å². The third-order valence-electron chi connectivity index (χ3n) is 0. The van der Waals surface area contributed by atoms with Gasteiger partial charge in [-0.15, -0.1) is 0 Å². The van der Waals surface area contributed by atoms with Crippen molar-refractivity contribution < 1.29 is 13.4 Å². The van der Waals surface area contributed by atoms with Gasteiger partial charge in [-0.05, 0) is 0 Å². The van der Waals surface area contributed by atoms with E-state index >= 15 is 0 Å². The van der Waals surface area contributed by atoms with E-state index in [1.54, 1.807) is 0 Å². The zero-order valence-electron chi connectivity index (χ0n) is 5.02. The van der Waals surface area contributed by atoms with Crippen LogP contribution in [0.1, 0.15) is 2.85 Å². The van der Waals surface area contributed by atoms with Gasteiger partial charge in [-0.25, -0.2) is 0 Å². The Balaban J connectivity index is -0.000000000500. The fourth-order valence-electron chi connectivity index (χ4n) is 0. The standard InChI is InChI=1S/Ca.H2O2.2Pb.6H/c;1-2;;;;;;;;/h;1-2H;;;;;;;;/q+2;;;;;;;;2*-1. The van der Waals surface area contributed by atoms with Gasteiger partial charge in [0.1, 0.15) is 0 Å². The molecule has 0 fully saturated rings. The Morgan fingerprint density at radius 3 is 1.00 bits per heavy atom. The third-order valence-corrected chi connectivity index (χ3v) is 0. The molecule has 5 heavy (non-hydrogen) atoms. The molecule has 0 aromatic rings. The quantitative estimate of drug-likeness (QED) is 0.233. The van der Waals surface area contributed by atoms with Crippen LogP contribution >= 0.6 is 0 Å². The average molecular weight is 495 g/mol. The van der Waals surface area contributed by atoms with Crippen molar-refractivity contribution in [3.8, 4) is 0 Å². The molecule has 2 nitrogen and oxygen atoms in total.